The van der Waals surface area contributed by atoms with E-state index < -0.39 is 0 Å². The van der Waals surface area contributed by atoms with Gasteiger partial charge >= 0.3 is 0 Å². The van der Waals surface area contributed by atoms with Crippen LogP contribution in [-0.2, 0) is 6.54 Å². The highest BCUT2D eigenvalue weighted by molar-refractivity contribution is 6.57. The zero-order chi connectivity index (χ0) is 8.97. The van der Waals surface area contributed by atoms with E-state index in [9.17, 15) is 4.79 Å². The summed E-state index contributed by atoms with van der Waals surface area (Å²) in [6.07, 6.45) is 0. The predicted octanol–water partition coefficient (Wildman–Crippen LogP) is 0.112. The maximum absolute atomic E-state index is 10.5. The molecule has 0 saturated heterocycles. The van der Waals surface area contributed by atoms with E-state index in [4.69, 9.17) is 5.73 Å². The number of amides is 1. The van der Waals surface area contributed by atoms with E-state index in [1.54, 1.807) is 0 Å². The molecular formula is C8H11BN2O. The molecule has 0 bridgehead atoms. The molecular weight excluding hydrogens is 151 g/mol. The highest BCUT2D eigenvalue weighted by atomic mass is 16.1. The van der Waals surface area contributed by atoms with Gasteiger partial charge in [0.25, 0.3) is 0 Å². The van der Waals surface area contributed by atoms with Crippen molar-refractivity contribution in [2.45, 2.75) is 6.54 Å². The van der Waals surface area contributed by atoms with Crippen molar-refractivity contribution in [2.75, 3.05) is 5.73 Å². The van der Waals surface area contributed by atoms with Gasteiger partial charge < -0.3 is 11.1 Å². The molecule has 0 fully saturated rings. The summed E-state index contributed by atoms with van der Waals surface area (Å²) < 4.78 is 0. The van der Waals surface area contributed by atoms with Gasteiger partial charge in [-0.05, 0) is 17.7 Å². The van der Waals surface area contributed by atoms with Crippen LogP contribution in [0.2, 0.25) is 0 Å². The van der Waals surface area contributed by atoms with Gasteiger partial charge in [0.15, 0.2) is 5.81 Å². The Kier molecular flexibility index (Phi) is 2.74. The molecule has 4 heteroatoms. The van der Waals surface area contributed by atoms with Crippen LogP contribution in [0.4, 0.5) is 10.5 Å². The van der Waals surface area contributed by atoms with Crippen molar-refractivity contribution in [3.05, 3.63) is 29.8 Å². The summed E-state index contributed by atoms with van der Waals surface area (Å²) in [6, 6.07) is 7.42. The SMILES string of the molecule is BC(=O)NCc1ccc(N)cc1. The van der Waals surface area contributed by atoms with E-state index in [2.05, 4.69) is 5.32 Å². The summed E-state index contributed by atoms with van der Waals surface area (Å²) in [5.74, 6) is -0.0215. The van der Waals surface area contributed by atoms with Crippen LogP contribution >= 0.6 is 0 Å². The first kappa shape index (κ1) is 8.65. The van der Waals surface area contributed by atoms with E-state index in [-0.39, 0.29) is 5.81 Å². The second-order valence-electron chi connectivity index (χ2n) is 2.65. The fraction of sp³-hybridized carbons (Fsp3) is 0.125. The lowest BCUT2D eigenvalue weighted by molar-refractivity contribution is 0.259. The van der Waals surface area contributed by atoms with Gasteiger partial charge in [0.2, 0.25) is 7.85 Å². The lowest BCUT2D eigenvalue weighted by Crippen LogP contribution is -2.20. The Labute approximate surface area is 72.4 Å². The maximum atomic E-state index is 10.5. The molecule has 0 aliphatic heterocycles. The van der Waals surface area contributed by atoms with E-state index in [1.165, 1.54) is 7.85 Å². The van der Waals surface area contributed by atoms with E-state index in [0.29, 0.717) is 6.54 Å². The first-order valence-electron chi connectivity index (χ1n) is 3.77. The van der Waals surface area contributed by atoms with Gasteiger partial charge in [-0.15, -0.1) is 0 Å². The molecule has 1 aromatic rings. The standard InChI is InChI=1S/C8H11BN2O/c9-8(12)11-5-6-1-3-7(10)4-2-6/h1-4H,5,9-10H2,(H,11,12). The van der Waals surface area contributed by atoms with Crippen LogP contribution < -0.4 is 11.1 Å². The molecule has 0 atom stereocenters. The molecule has 0 aliphatic rings. The Morgan fingerprint density at radius 3 is 2.50 bits per heavy atom. The summed E-state index contributed by atoms with van der Waals surface area (Å²) in [7, 11) is 1.50. The summed E-state index contributed by atoms with van der Waals surface area (Å²) in [5.41, 5.74) is 7.29. The van der Waals surface area contributed by atoms with E-state index >= 15 is 0 Å². The first-order chi connectivity index (χ1) is 5.68. The normalized spacial score (nSPS) is 9.33. The molecule has 0 spiro atoms. The minimum Gasteiger partial charge on any atom is -0.399 e. The number of rotatable bonds is 2. The third kappa shape index (κ3) is 2.66. The molecule has 0 aromatic heterocycles. The summed E-state index contributed by atoms with van der Waals surface area (Å²) in [4.78, 5) is 10.5. The average molecular weight is 162 g/mol. The topological polar surface area (TPSA) is 55.1 Å². The van der Waals surface area contributed by atoms with Crippen LogP contribution in [0.5, 0.6) is 0 Å². The predicted molar refractivity (Wildman–Crippen MR) is 51.6 cm³/mol. The van der Waals surface area contributed by atoms with Crippen LogP contribution in [0.3, 0.4) is 0 Å². The van der Waals surface area contributed by atoms with Gasteiger partial charge in [-0.1, -0.05) is 12.1 Å². The van der Waals surface area contributed by atoms with Crippen LogP contribution in [0, 0.1) is 0 Å². The maximum Gasteiger partial charge on any atom is 0.215 e. The van der Waals surface area contributed by atoms with Crippen molar-refractivity contribution >= 4 is 19.3 Å². The first-order valence-corrected chi connectivity index (χ1v) is 3.77. The number of benzene rings is 1. The van der Waals surface area contributed by atoms with Gasteiger partial charge in [-0.2, -0.15) is 0 Å². The van der Waals surface area contributed by atoms with Crippen molar-refractivity contribution in [1.29, 1.82) is 0 Å². The van der Waals surface area contributed by atoms with Crippen molar-refractivity contribution in [3.63, 3.8) is 0 Å². The number of carbonyl (C=O) groups excluding carboxylic acids is 1. The van der Waals surface area contributed by atoms with Gasteiger partial charge in [-0.3, -0.25) is 4.79 Å². The van der Waals surface area contributed by atoms with E-state index in [1.807, 2.05) is 24.3 Å². The van der Waals surface area contributed by atoms with Crippen LogP contribution in [0.25, 0.3) is 0 Å². The molecule has 0 heterocycles. The zero-order valence-corrected chi connectivity index (χ0v) is 7.00. The number of nitrogens with one attached hydrogen (secondary N) is 1. The number of hydrogen-bond acceptors (Lipinski definition) is 2. The Hall–Kier alpha value is -1.45. The summed E-state index contributed by atoms with van der Waals surface area (Å²) in [6.45, 7) is 0.565. The highest BCUT2D eigenvalue weighted by Crippen LogP contribution is 2.04. The molecule has 1 amide bonds. The van der Waals surface area contributed by atoms with Crippen molar-refractivity contribution in [3.8, 4) is 0 Å². The monoisotopic (exact) mass is 162 g/mol. The molecule has 12 heavy (non-hydrogen) atoms. The smallest absolute Gasteiger partial charge is 0.215 e. The number of nitrogens with two attached hydrogens (primary N) is 1. The number of nitrogen functional groups attached to an aromatic ring is 1. The van der Waals surface area contributed by atoms with Crippen LogP contribution in [0.1, 0.15) is 5.56 Å². The van der Waals surface area contributed by atoms with Gasteiger partial charge in [0, 0.05) is 12.2 Å². The molecule has 1 aromatic carbocycles. The summed E-state index contributed by atoms with van der Waals surface area (Å²) >= 11 is 0. The third-order valence-electron chi connectivity index (χ3n) is 1.52. The Balaban J connectivity index is 2.53. The molecule has 3 nitrogen and oxygen atoms in total. The second-order valence-corrected chi connectivity index (χ2v) is 2.65. The fourth-order valence-electron chi connectivity index (χ4n) is 0.862. The molecule has 0 unspecified atom stereocenters. The number of anilines is 1. The van der Waals surface area contributed by atoms with Crippen molar-refractivity contribution in [2.24, 2.45) is 0 Å². The molecule has 0 saturated carbocycles. The van der Waals surface area contributed by atoms with Crippen LogP contribution in [0.15, 0.2) is 24.3 Å². The van der Waals surface area contributed by atoms with Crippen molar-refractivity contribution in [1.82, 2.24) is 5.32 Å². The molecule has 1 rings (SSSR count). The highest BCUT2D eigenvalue weighted by Gasteiger charge is 1.93. The average Bonchev–Trinajstić information content (AvgIpc) is 2.03. The molecule has 3 N–H and O–H groups in total. The van der Waals surface area contributed by atoms with Gasteiger partial charge in [0.05, 0.1) is 0 Å². The summed E-state index contributed by atoms with van der Waals surface area (Å²) in [5, 5.41) is 2.70. The fourth-order valence-corrected chi connectivity index (χ4v) is 0.862. The minimum absolute atomic E-state index is 0.0215. The molecule has 0 radical (unpaired) electrons. The largest absolute Gasteiger partial charge is 0.399 e. The lowest BCUT2D eigenvalue weighted by Gasteiger charge is -2.02. The van der Waals surface area contributed by atoms with Crippen molar-refractivity contribution < 1.29 is 4.79 Å². The molecule has 62 valence electrons. The zero-order valence-electron chi connectivity index (χ0n) is 7.00. The molecule has 0 aliphatic carbocycles. The Morgan fingerprint density at radius 1 is 1.42 bits per heavy atom. The lowest BCUT2D eigenvalue weighted by atomic mass is 10.1. The minimum atomic E-state index is -0.0215. The van der Waals surface area contributed by atoms with Crippen LogP contribution in [-0.4, -0.2) is 13.7 Å². The Bertz CT molecular complexity index is 271. The second kappa shape index (κ2) is 3.81. The van der Waals surface area contributed by atoms with E-state index in [0.717, 1.165) is 11.3 Å². The number of carbonyl (C=O) groups is 1. The van der Waals surface area contributed by atoms with Gasteiger partial charge in [-0.25, -0.2) is 0 Å². The Morgan fingerprint density at radius 2 is 2.00 bits per heavy atom. The van der Waals surface area contributed by atoms with Gasteiger partial charge in [0.1, 0.15) is 0 Å². The number of hydrogen-bond donors (Lipinski definition) is 2. The third-order valence-corrected chi connectivity index (χ3v) is 1.52. The quantitative estimate of drug-likeness (QED) is 0.479.